The molecule has 0 aliphatic heterocycles. The number of hydrogen-bond donors (Lipinski definition) is 0. The largest absolute Gasteiger partial charge is 0.497 e. The number of aryl methyl sites for hydroxylation is 1. The molecule has 0 amide bonds. The Hall–Kier alpha value is -1.87. The summed E-state index contributed by atoms with van der Waals surface area (Å²) >= 11 is 0. The molecule has 2 rings (SSSR count). The standard InChI is InChI=1S/C22H29FO2/c1-7-15-9-11-17(18-14-16(24-5)10-12-20(18)23)19(13-15)21(25-6)22(3,4)8-2/h9-14,21H,7-8H2,1-6H3/t21-/m1/s1. The van der Waals surface area contributed by atoms with Crippen LogP contribution in [0, 0.1) is 11.2 Å². The van der Waals surface area contributed by atoms with E-state index in [1.165, 1.54) is 11.6 Å². The van der Waals surface area contributed by atoms with Crippen LogP contribution in [0.15, 0.2) is 36.4 Å². The highest BCUT2D eigenvalue weighted by molar-refractivity contribution is 5.70. The molecule has 0 saturated heterocycles. The quantitative estimate of drug-likeness (QED) is 0.596. The number of rotatable bonds is 7. The van der Waals surface area contributed by atoms with Crippen molar-refractivity contribution < 1.29 is 13.9 Å². The second kappa shape index (κ2) is 8.01. The van der Waals surface area contributed by atoms with Crippen molar-refractivity contribution in [1.82, 2.24) is 0 Å². The summed E-state index contributed by atoms with van der Waals surface area (Å²) in [6, 6.07) is 11.1. The molecule has 25 heavy (non-hydrogen) atoms. The molecule has 3 heteroatoms. The number of methoxy groups -OCH3 is 2. The van der Waals surface area contributed by atoms with E-state index >= 15 is 0 Å². The highest BCUT2D eigenvalue weighted by atomic mass is 19.1. The van der Waals surface area contributed by atoms with Gasteiger partial charge in [-0.2, -0.15) is 0 Å². The van der Waals surface area contributed by atoms with Gasteiger partial charge in [-0.3, -0.25) is 0 Å². The fourth-order valence-corrected chi connectivity index (χ4v) is 3.18. The summed E-state index contributed by atoms with van der Waals surface area (Å²) in [6.07, 6.45) is 1.77. The summed E-state index contributed by atoms with van der Waals surface area (Å²) in [5, 5.41) is 0. The van der Waals surface area contributed by atoms with Gasteiger partial charge < -0.3 is 9.47 Å². The Balaban J connectivity index is 2.71. The first-order valence-corrected chi connectivity index (χ1v) is 8.87. The van der Waals surface area contributed by atoms with Gasteiger partial charge in [0.2, 0.25) is 0 Å². The third kappa shape index (κ3) is 4.04. The predicted octanol–water partition coefficient (Wildman–Crippen LogP) is 6.19. The van der Waals surface area contributed by atoms with E-state index < -0.39 is 0 Å². The summed E-state index contributed by atoms with van der Waals surface area (Å²) in [7, 11) is 3.32. The zero-order valence-electron chi connectivity index (χ0n) is 16.2. The van der Waals surface area contributed by atoms with Crippen LogP contribution in [0.25, 0.3) is 11.1 Å². The van der Waals surface area contributed by atoms with Crippen molar-refractivity contribution in [3.05, 3.63) is 53.3 Å². The zero-order valence-corrected chi connectivity index (χ0v) is 16.2. The maximum Gasteiger partial charge on any atom is 0.131 e. The van der Waals surface area contributed by atoms with Gasteiger partial charge in [-0.25, -0.2) is 4.39 Å². The first-order valence-electron chi connectivity index (χ1n) is 8.87. The highest BCUT2D eigenvalue weighted by Gasteiger charge is 2.31. The van der Waals surface area contributed by atoms with Crippen molar-refractivity contribution in [2.75, 3.05) is 14.2 Å². The Labute approximate surface area is 151 Å². The summed E-state index contributed by atoms with van der Waals surface area (Å²) in [4.78, 5) is 0. The van der Waals surface area contributed by atoms with Crippen molar-refractivity contribution in [3.8, 4) is 16.9 Å². The van der Waals surface area contributed by atoms with Crippen LogP contribution in [0.2, 0.25) is 0 Å². The van der Waals surface area contributed by atoms with Gasteiger partial charge >= 0.3 is 0 Å². The molecule has 0 saturated carbocycles. The fourth-order valence-electron chi connectivity index (χ4n) is 3.18. The maximum atomic E-state index is 14.6. The molecule has 2 aromatic rings. The molecular formula is C22H29FO2. The maximum absolute atomic E-state index is 14.6. The van der Waals surface area contributed by atoms with Crippen LogP contribution in [-0.4, -0.2) is 14.2 Å². The molecular weight excluding hydrogens is 315 g/mol. The molecule has 2 nitrogen and oxygen atoms in total. The molecule has 0 radical (unpaired) electrons. The third-order valence-corrected chi connectivity index (χ3v) is 5.13. The second-order valence-corrected chi connectivity index (χ2v) is 7.08. The van der Waals surface area contributed by atoms with E-state index in [9.17, 15) is 4.39 Å². The first-order chi connectivity index (χ1) is 11.9. The molecule has 0 unspecified atom stereocenters. The van der Waals surface area contributed by atoms with Crippen molar-refractivity contribution in [2.45, 2.75) is 46.6 Å². The lowest BCUT2D eigenvalue weighted by Gasteiger charge is -2.34. The third-order valence-electron chi connectivity index (χ3n) is 5.13. The van der Waals surface area contributed by atoms with Crippen LogP contribution in [0.3, 0.4) is 0 Å². The molecule has 136 valence electrons. The Morgan fingerprint density at radius 2 is 1.72 bits per heavy atom. The fraction of sp³-hybridized carbons (Fsp3) is 0.455. The average Bonchev–Trinajstić information content (AvgIpc) is 2.62. The van der Waals surface area contributed by atoms with Gasteiger partial charge in [-0.1, -0.05) is 45.9 Å². The molecule has 0 aliphatic carbocycles. The SMILES string of the molecule is CCc1ccc(-c2cc(OC)ccc2F)c([C@@H](OC)C(C)(C)CC)c1. The Bertz CT molecular complexity index is 722. The minimum Gasteiger partial charge on any atom is -0.497 e. The van der Waals surface area contributed by atoms with Gasteiger partial charge in [0.05, 0.1) is 13.2 Å². The van der Waals surface area contributed by atoms with E-state index in [-0.39, 0.29) is 17.3 Å². The van der Waals surface area contributed by atoms with Crippen molar-refractivity contribution >= 4 is 0 Å². The van der Waals surface area contributed by atoms with Crippen molar-refractivity contribution in [3.63, 3.8) is 0 Å². The van der Waals surface area contributed by atoms with Crippen LogP contribution < -0.4 is 4.74 Å². The molecule has 0 bridgehead atoms. The molecule has 0 N–H and O–H groups in total. The Morgan fingerprint density at radius 3 is 2.28 bits per heavy atom. The smallest absolute Gasteiger partial charge is 0.131 e. The van der Waals surface area contributed by atoms with Gasteiger partial charge in [-0.15, -0.1) is 0 Å². The van der Waals surface area contributed by atoms with Crippen LogP contribution >= 0.6 is 0 Å². The molecule has 0 aliphatic rings. The van der Waals surface area contributed by atoms with E-state index in [1.807, 2.05) is 6.07 Å². The number of ether oxygens (including phenoxy) is 2. The topological polar surface area (TPSA) is 18.5 Å². The van der Waals surface area contributed by atoms with E-state index in [4.69, 9.17) is 9.47 Å². The Kier molecular flexibility index (Phi) is 6.23. The summed E-state index contributed by atoms with van der Waals surface area (Å²) in [6.45, 7) is 8.65. The minimum atomic E-state index is -0.254. The molecule has 1 atom stereocenters. The van der Waals surface area contributed by atoms with E-state index in [0.717, 1.165) is 24.0 Å². The van der Waals surface area contributed by atoms with Gasteiger partial charge in [-0.05, 0) is 53.1 Å². The molecule has 2 aromatic carbocycles. The molecule has 0 fully saturated rings. The highest BCUT2D eigenvalue weighted by Crippen LogP contribution is 2.43. The van der Waals surface area contributed by atoms with Crippen LogP contribution in [-0.2, 0) is 11.2 Å². The Morgan fingerprint density at radius 1 is 1.00 bits per heavy atom. The van der Waals surface area contributed by atoms with Crippen LogP contribution in [0.4, 0.5) is 4.39 Å². The minimum absolute atomic E-state index is 0.0643. The van der Waals surface area contributed by atoms with E-state index in [2.05, 4.69) is 39.8 Å². The summed E-state index contributed by atoms with van der Waals surface area (Å²) < 4.78 is 25.8. The van der Waals surface area contributed by atoms with Gasteiger partial charge in [0.25, 0.3) is 0 Å². The lowest BCUT2D eigenvalue weighted by Crippen LogP contribution is -2.23. The van der Waals surface area contributed by atoms with Gasteiger partial charge in [0.1, 0.15) is 11.6 Å². The lowest BCUT2D eigenvalue weighted by molar-refractivity contribution is 0.00327. The first kappa shape index (κ1) is 19.5. The molecule has 0 heterocycles. The molecule has 0 aromatic heterocycles. The van der Waals surface area contributed by atoms with Crippen LogP contribution in [0.1, 0.15) is 51.3 Å². The predicted molar refractivity (Wildman–Crippen MR) is 102 cm³/mol. The normalized spacial score (nSPS) is 12.9. The van der Waals surface area contributed by atoms with Gasteiger partial charge in [0.15, 0.2) is 0 Å². The van der Waals surface area contributed by atoms with Gasteiger partial charge in [0, 0.05) is 12.7 Å². The lowest BCUT2D eigenvalue weighted by atomic mass is 9.77. The van der Waals surface area contributed by atoms with Crippen LogP contribution in [0.5, 0.6) is 5.75 Å². The summed E-state index contributed by atoms with van der Waals surface area (Å²) in [5.41, 5.74) is 3.59. The molecule has 0 spiro atoms. The van der Waals surface area contributed by atoms with Crippen molar-refractivity contribution in [1.29, 1.82) is 0 Å². The summed E-state index contributed by atoms with van der Waals surface area (Å²) in [5.74, 6) is 0.390. The second-order valence-electron chi connectivity index (χ2n) is 7.08. The zero-order chi connectivity index (χ0) is 18.6. The average molecular weight is 344 g/mol. The van der Waals surface area contributed by atoms with E-state index in [0.29, 0.717) is 11.3 Å². The monoisotopic (exact) mass is 344 g/mol. The van der Waals surface area contributed by atoms with E-state index in [1.54, 1.807) is 26.4 Å². The number of benzene rings is 2. The van der Waals surface area contributed by atoms with Crippen molar-refractivity contribution in [2.24, 2.45) is 5.41 Å². The number of hydrogen-bond acceptors (Lipinski definition) is 2. The number of halogens is 1.